The number of aromatic nitrogens is 1. The molecule has 0 unspecified atom stereocenters. The van der Waals surface area contributed by atoms with E-state index >= 15 is 4.79 Å². The molecule has 3 spiro atoms. The standard InChI is InChI=1S/C54H68N6O10S/c1-55-32-58-54(69,49(66)67)23-16-41(61)59-40(46(62)60-47(63)48(64)65)31-71-45-43-42-35(12-3-2-6-19-51(45)20-7-8-21-51)28-37(27-33-17-25-56-26-18-33)44-52-29-36(14-10-24-57-52)39(30-52)38-15-5-4-11-34(38)13-9-22-53(42,44)50(68)70-43/h4-5,11,15,17-18,25-26,35-36,39-40,45,47,55,57-58,63,69H,2-3,6-8,10,12-14,16,19-21,23-24,27-32H2,1H3,(H,59,61)(H,60,62)(H,64,65)(H,66,67)/t35-,36+,39+,40+,45+,47+,52-,53+,54-/m1/s1. The number of nitrogens with one attached hydrogen (secondary N) is 5. The first-order chi connectivity index (χ1) is 34.2. The average Bonchev–Trinajstić information content (AvgIpc) is 4.00. The average molecular weight is 993 g/mol. The molecular weight excluding hydrogens is 925 g/mol. The zero-order valence-corrected chi connectivity index (χ0v) is 41.3. The number of allylic oxidation sites excluding steroid dienone is 1. The van der Waals surface area contributed by atoms with E-state index in [4.69, 9.17) is 4.74 Å². The van der Waals surface area contributed by atoms with Crippen molar-refractivity contribution in [2.24, 2.45) is 22.7 Å². The van der Waals surface area contributed by atoms with Gasteiger partial charge in [0.15, 0.2) is 5.41 Å². The number of carbonyl (C=O) groups is 5. The second kappa shape index (κ2) is 21.2. The highest BCUT2D eigenvalue weighted by Crippen LogP contribution is 2.66. The molecule has 2 amide bonds. The van der Waals surface area contributed by atoms with Crippen LogP contribution in [-0.4, -0.2) is 110 Å². The fourth-order valence-electron chi connectivity index (χ4n) is 13.6. The number of aliphatic hydroxyl groups is 2. The molecule has 1 aromatic heterocycles. The predicted octanol–water partition coefficient (Wildman–Crippen LogP) is 4.56. The van der Waals surface area contributed by atoms with E-state index in [-0.39, 0.29) is 35.6 Å². The lowest BCUT2D eigenvalue weighted by atomic mass is 9.55. The SMILES string of the molecule is CNCN[C@@](O)(CCC(=O)N[C@@H](CS[C@H]1C2=C3[C@H](CCCCCC14CCCC4)CC(Cc1ccncc1)=C1[C@]45C[C@H](CCCN4)[C@H](C5)c4ccccc4CC#C[C@]31C(=O)O2)C(=O)N[C@@H](O)C(=O)O)C(=O)O. The quantitative estimate of drug-likeness (QED) is 0.0484. The van der Waals surface area contributed by atoms with Crippen LogP contribution in [-0.2, 0) is 41.6 Å². The van der Waals surface area contributed by atoms with Crippen molar-refractivity contribution in [3.63, 3.8) is 0 Å². The summed E-state index contributed by atoms with van der Waals surface area (Å²) in [4.78, 5) is 71.9. The van der Waals surface area contributed by atoms with Crippen molar-refractivity contribution in [3.05, 3.63) is 88.0 Å². The predicted molar refractivity (Wildman–Crippen MR) is 265 cm³/mol. The first kappa shape index (κ1) is 50.8. The summed E-state index contributed by atoms with van der Waals surface area (Å²) in [5.74, 6) is 3.04. The van der Waals surface area contributed by atoms with E-state index in [9.17, 15) is 39.6 Å². The Hall–Kier alpha value is -5.09. The minimum atomic E-state index is -2.47. The summed E-state index contributed by atoms with van der Waals surface area (Å²) in [7, 11) is 1.55. The molecule has 9 atom stereocenters. The molecule has 9 rings (SSSR count). The van der Waals surface area contributed by atoms with Crippen LogP contribution in [0.15, 0.2) is 71.3 Å². The molecule has 5 aliphatic carbocycles. The maximum Gasteiger partial charge on any atom is 0.353 e. The van der Waals surface area contributed by atoms with Gasteiger partial charge in [-0.3, -0.25) is 19.9 Å². The summed E-state index contributed by atoms with van der Waals surface area (Å²) < 4.78 is 7.02. The molecular formula is C54H68N6O10S. The maximum absolute atomic E-state index is 16.0. The van der Waals surface area contributed by atoms with E-state index in [0.717, 1.165) is 113 Å². The number of aliphatic carboxylic acids is 2. The van der Waals surface area contributed by atoms with Crippen LogP contribution in [0.2, 0.25) is 0 Å². The van der Waals surface area contributed by atoms with Crippen LogP contribution in [0, 0.1) is 34.5 Å². The fraction of sp³-hybridized carbons (Fsp3) is 0.593. The topological polar surface area (TPSA) is 249 Å². The normalized spacial score (nSPS) is 29.1. The number of amides is 2. The highest BCUT2D eigenvalue weighted by atomic mass is 32.2. The van der Waals surface area contributed by atoms with E-state index < -0.39 is 70.8 Å². The molecule has 3 heterocycles. The van der Waals surface area contributed by atoms with Gasteiger partial charge in [0, 0.05) is 55.2 Å². The molecule has 0 radical (unpaired) electrons. The van der Waals surface area contributed by atoms with Gasteiger partial charge >= 0.3 is 17.9 Å². The molecule has 380 valence electrons. The number of carbonyl (C=O) groups excluding carboxylic acids is 3. The largest absolute Gasteiger partial charge is 0.478 e. The minimum Gasteiger partial charge on any atom is -0.478 e. The number of carboxylic acid groups (broad SMARTS) is 2. The molecule has 2 saturated carbocycles. The second-order valence-electron chi connectivity index (χ2n) is 21.1. The van der Waals surface area contributed by atoms with Crippen LogP contribution in [0.3, 0.4) is 0 Å². The van der Waals surface area contributed by atoms with Gasteiger partial charge in [0.2, 0.25) is 23.8 Å². The lowest BCUT2D eigenvalue weighted by molar-refractivity contribution is -0.164. The third-order valence-corrected chi connectivity index (χ3v) is 18.3. The number of nitrogens with zero attached hydrogens (tertiary/aromatic N) is 1. The number of fused-ring (bicyclic) bond motifs is 5. The Bertz CT molecular complexity index is 2520. The van der Waals surface area contributed by atoms with Crippen LogP contribution in [0.4, 0.5) is 0 Å². The molecule has 71 heavy (non-hydrogen) atoms. The Balaban J connectivity index is 1.19. The van der Waals surface area contributed by atoms with Crippen LogP contribution < -0.4 is 26.6 Å². The van der Waals surface area contributed by atoms with Crippen molar-refractivity contribution >= 4 is 41.5 Å². The van der Waals surface area contributed by atoms with Gasteiger partial charge in [-0.1, -0.05) is 73.8 Å². The lowest BCUT2D eigenvalue weighted by Gasteiger charge is -2.48. The van der Waals surface area contributed by atoms with Gasteiger partial charge in [-0.15, -0.1) is 11.8 Å². The van der Waals surface area contributed by atoms with Crippen molar-refractivity contribution in [1.82, 2.24) is 31.6 Å². The number of rotatable bonds is 16. The van der Waals surface area contributed by atoms with Crippen LogP contribution in [0.5, 0.6) is 0 Å². The zero-order valence-electron chi connectivity index (χ0n) is 40.5. The van der Waals surface area contributed by atoms with Gasteiger partial charge in [0.1, 0.15) is 11.8 Å². The van der Waals surface area contributed by atoms with Crippen molar-refractivity contribution in [3.8, 4) is 11.8 Å². The van der Waals surface area contributed by atoms with E-state index in [1.807, 2.05) is 12.4 Å². The Labute approximate surface area is 419 Å². The summed E-state index contributed by atoms with van der Waals surface area (Å²) in [5, 5.41) is 54.2. The van der Waals surface area contributed by atoms with Gasteiger partial charge in [-0.2, -0.15) is 0 Å². The molecule has 1 aromatic carbocycles. The monoisotopic (exact) mass is 992 g/mol. The van der Waals surface area contributed by atoms with E-state index in [2.05, 4.69) is 79.8 Å². The number of hydrogen-bond acceptors (Lipinski definition) is 13. The number of pyridine rings is 1. The molecule has 17 heteroatoms. The van der Waals surface area contributed by atoms with Gasteiger partial charge < -0.3 is 46.4 Å². The van der Waals surface area contributed by atoms with Crippen LogP contribution in [0.25, 0.3) is 0 Å². The highest BCUT2D eigenvalue weighted by Gasteiger charge is 2.66. The summed E-state index contributed by atoms with van der Waals surface area (Å²) in [6, 6.07) is 11.4. The molecule has 3 bridgehead atoms. The van der Waals surface area contributed by atoms with E-state index in [1.165, 1.54) is 28.5 Å². The molecule has 9 N–H and O–H groups in total. The number of thioether (sulfide) groups is 1. The molecule has 1 saturated heterocycles. The van der Waals surface area contributed by atoms with E-state index in [1.54, 1.807) is 7.05 Å². The number of benzene rings is 1. The summed E-state index contributed by atoms with van der Waals surface area (Å²) in [6.07, 6.45) is 14.1. The van der Waals surface area contributed by atoms with Gasteiger partial charge in [0.05, 0.1) is 5.25 Å². The third kappa shape index (κ3) is 9.92. The first-order valence-electron chi connectivity index (χ1n) is 25.6. The molecule has 7 aliphatic rings. The van der Waals surface area contributed by atoms with Gasteiger partial charge in [0.25, 0.3) is 0 Å². The minimum absolute atomic E-state index is 0.0751. The van der Waals surface area contributed by atoms with Crippen LogP contribution in [0.1, 0.15) is 125 Å². The molecule has 2 aromatic rings. The lowest BCUT2D eigenvalue weighted by Crippen LogP contribution is -2.56. The molecule has 16 nitrogen and oxygen atoms in total. The molecule has 2 aliphatic heterocycles. The highest BCUT2D eigenvalue weighted by molar-refractivity contribution is 8.00. The molecule has 3 fully saturated rings. The zero-order chi connectivity index (χ0) is 50.0. The Morgan fingerprint density at radius 2 is 1.75 bits per heavy atom. The van der Waals surface area contributed by atoms with Gasteiger partial charge in [-0.25, -0.2) is 14.4 Å². The Kier molecular flexibility index (Phi) is 15.2. The Morgan fingerprint density at radius 3 is 2.49 bits per heavy atom. The van der Waals surface area contributed by atoms with Crippen LogP contribution >= 0.6 is 11.8 Å². The fourth-order valence-corrected chi connectivity index (χ4v) is 15.3. The summed E-state index contributed by atoms with van der Waals surface area (Å²) >= 11 is 1.39. The van der Waals surface area contributed by atoms with Crippen molar-refractivity contribution in [1.29, 1.82) is 0 Å². The van der Waals surface area contributed by atoms with Crippen molar-refractivity contribution in [2.45, 2.75) is 150 Å². The first-order valence-corrected chi connectivity index (χ1v) is 26.7. The maximum atomic E-state index is 16.0. The van der Waals surface area contributed by atoms with Gasteiger partial charge in [-0.05, 0) is 135 Å². The Morgan fingerprint density at radius 1 is 0.986 bits per heavy atom. The summed E-state index contributed by atoms with van der Waals surface area (Å²) in [6.45, 7) is 0.731. The van der Waals surface area contributed by atoms with Crippen molar-refractivity contribution < 1.29 is 49.1 Å². The number of carboxylic acids is 2. The van der Waals surface area contributed by atoms with Crippen molar-refractivity contribution in [2.75, 3.05) is 26.0 Å². The third-order valence-electron chi connectivity index (χ3n) is 16.8. The number of aliphatic hydroxyl groups excluding tert-OH is 1. The van der Waals surface area contributed by atoms with E-state index in [0.29, 0.717) is 24.5 Å². The smallest absolute Gasteiger partial charge is 0.353 e. The number of ether oxygens (including phenoxy) is 1. The second-order valence-corrected chi connectivity index (χ2v) is 22.2. The summed E-state index contributed by atoms with van der Waals surface area (Å²) in [5.41, 5.74) is 2.05. The number of hydrogen-bond donors (Lipinski definition) is 9. The number of esters is 1.